The molecule has 0 spiro atoms. The lowest BCUT2D eigenvalue weighted by atomic mass is 10.1. The summed E-state index contributed by atoms with van der Waals surface area (Å²) in [7, 11) is 0. The number of aromatic nitrogens is 1. The number of hydrogen-bond acceptors (Lipinski definition) is 3. The van der Waals surface area contributed by atoms with Crippen LogP contribution >= 0.6 is 0 Å². The van der Waals surface area contributed by atoms with E-state index in [-0.39, 0.29) is 5.75 Å². The zero-order valence-corrected chi connectivity index (χ0v) is 16.9. The number of carbonyl (C=O) groups excluding carboxylic acids is 1. The van der Waals surface area contributed by atoms with E-state index in [4.69, 9.17) is 4.74 Å². The number of benzene rings is 3. The molecule has 0 aliphatic rings. The molecule has 4 aromatic rings. The van der Waals surface area contributed by atoms with Gasteiger partial charge < -0.3 is 4.74 Å². The minimum absolute atomic E-state index is 0.279. The molecule has 0 unspecified atom stereocenters. The lowest BCUT2D eigenvalue weighted by Gasteiger charge is -2.11. The molecule has 0 aliphatic heterocycles. The molecule has 0 N–H and O–H groups in total. The molecule has 3 aromatic carbocycles. The number of nitrogens with zero attached hydrogens (tertiary/aromatic N) is 2. The smallest absolute Gasteiger partial charge is 0.416 e. The number of halogens is 3. The third-order valence-electron chi connectivity index (χ3n) is 4.80. The van der Waals surface area contributed by atoms with Gasteiger partial charge in [0, 0.05) is 17.1 Å². The molecular weight excluding hydrogens is 417 g/mol. The Hall–Kier alpha value is -4.00. The Morgan fingerprint density at radius 1 is 0.938 bits per heavy atom. The molecule has 0 radical (unpaired) electrons. The minimum Gasteiger partial charge on any atom is -0.457 e. The fourth-order valence-electron chi connectivity index (χ4n) is 3.17. The van der Waals surface area contributed by atoms with Crippen molar-refractivity contribution in [1.82, 2.24) is 4.98 Å². The normalized spacial score (nSPS) is 12.1. The van der Waals surface area contributed by atoms with Crippen LogP contribution in [0.15, 0.2) is 90.1 Å². The van der Waals surface area contributed by atoms with E-state index in [0.717, 1.165) is 22.9 Å². The van der Waals surface area contributed by atoms with Crippen molar-refractivity contribution < 1.29 is 22.7 Å². The lowest BCUT2D eigenvalue weighted by molar-refractivity contribution is -0.137. The Kier molecular flexibility index (Phi) is 5.73. The van der Waals surface area contributed by atoms with Crippen LogP contribution in [0.25, 0.3) is 10.8 Å². The summed E-state index contributed by atoms with van der Waals surface area (Å²) >= 11 is 0. The molecule has 7 heteroatoms. The van der Waals surface area contributed by atoms with Crippen molar-refractivity contribution in [2.24, 2.45) is 4.99 Å². The van der Waals surface area contributed by atoms with Gasteiger partial charge in [-0.1, -0.05) is 18.2 Å². The van der Waals surface area contributed by atoms with Crippen molar-refractivity contribution >= 4 is 22.4 Å². The van der Waals surface area contributed by atoms with Crippen molar-refractivity contribution in [2.75, 3.05) is 0 Å². The molecule has 4 nitrogen and oxygen atoms in total. The topological polar surface area (TPSA) is 51.5 Å². The monoisotopic (exact) mass is 434 g/mol. The van der Waals surface area contributed by atoms with Gasteiger partial charge in [-0.2, -0.15) is 13.2 Å². The molecule has 0 saturated heterocycles. The molecule has 0 atom stereocenters. The highest BCUT2D eigenvalue weighted by molar-refractivity contribution is 6.09. The Morgan fingerprint density at radius 3 is 2.41 bits per heavy atom. The van der Waals surface area contributed by atoms with E-state index < -0.39 is 17.6 Å². The average Bonchev–Trinajstić information content (AvgIpc) is 2.79. The summed E-state index contributed by atoms with van der Waals surface area (Å²) in [6, 6.07) is 20.2. The number of carbonyl (C=O) groups is 1. The van der Waals surface area contributed by atoms with Gasteiger partial charge in [0.05, 0.1) is 17.0 Å². The van der Waals surface area contributed by atoms with Crippen molar-refractivity contribution in [3.05, 3.63) is 102 Å². The second kappa shape index (κ2) is 8.63. The van der Waals surface area contributed by atoms with Crippen LogP contribution in [0.4, 0.5) is 13.2 Å². The van der Waals surface area contributed by atoms with Gasteiger partial charge >= 0.3 is 6.18 Å². The summed E-state index contributed by atoms with van der Waals surface area (Å²) in [5.74, 6) is 0.347. The van der Waals surface area contributed by atoms with E-state index in [1.807, 2.05) is 12.1 Å². The van der Waals surface area contributed by atoms with E-state index >= 15 is 0 Å². The molecule has 1 amide bonds. The van der Waals surface area contributed by atoms with Crippen LogP contribution in [-0.4, -0.2) is 16.6 Å². The van der Waals surface area contributed by atoms with Crippen LogP contribution in [0.1, 0.15) is 28.5 Å². The summed E-state index contributed by atoms with van der Waals surface area (Å²) in [5.41, 5.74) is 0.788. The standard InChI is InChI=1S/C25H17F3N2O2/c1-16(22-6-2-3-14-29-22)30-24(31)18-8-13-21-17(15-18)5-4-7-23(21)32-20-11-9-19(10-12-20)25(26,27)28/h2-15H,1H3/b30-16+. The molecule has 0 aliphatic carbocycles. The Bertz CT molecular complexity index is 1300. The Balaban J connectivity index is 1.59. The van der Waals surface area contributed by atoms with Gasteiger partial charge in [0.25, 0.3) is 5.91 Å². The highest BCUT2D eigenvalue weighted by Gasteiger charge is 2.30. The highest BCUT2D eigenvalue weighted by atomic mass is 19.4. The summed E-state index contributed by atoms with van der Waals surface area (Å²) in [6.45, 7) is 1.72. The maximum absolute atomic E-state index is 12.8. The van der Waals surface area contributed by atoms with Crippen LogP contribution in [0, 0.1) is 0 Å². The number of pyridine rings is 1. The number of ether oxygens (including phenoxy) is 1. The average molecular weight is 434 g/mol. The van der Waals surface area contributed by atoms with Crippen LogP contribution < -0.4 is 4.74 Å². The van der Waals surface area contributed by atoms with Crippen LogP contribution in [-0.2, 0) is 6.18 Å². The molecule has 0 saturated carbocycles. The largest absolute Gasteiger partial charge is 0.457 e. The molecule has 1 aromatic heterocycles. The maximum atomic E-state index is 12.8. The highest BCUT2D eigenvalue weighted by Crippen LogP contribution is 2.33. The number of fused-ring (bicyclic) bond motifs is 1. The van der Waals surface area contributed by atoms with Gasteiger partial charge in [-0.25, -0.2) is 4.99 Å². The fourth-order valence-corrected chi connectivity index (χ4v) is 3.17. The quantitative estimate of drug-likeness (QED) is 0.336. The first-order chi connectivity index (χ1) is 15.3. The summed E-state index contributed by atoms with van der Waals surface area (Å²) in [6.07, 6.45) is -2.77. The SMILES string of the molecule is C/C(=N\C(=O)c1ccc2c(Oc3ccc(C(F)(F)F)cc3)cccc2c1)c1ccccn1. The van der Waals surface area contributed by atoms with Crippen LogP contribution in [0.5, 0.6) is 11.5 Å². The van der Waals surface area contributed by atoms with Crippen LogP contribution in [0.3, 0.4) is 0 Å². The lowest BCUT2D eigenvalue weighted by Crippen LogP contribution is -2.04. The van der Waals surface area contributed by atoms with Gasteiger partial charge in [0.15, 0.2) is 0 Å². The number of rotatable bonds is 4. The van der Waals surface area contributed by atoms with Gasteiger partial charge in [0.2, 0.25) is 0 Å². The van der Waals surface area contributed by atoms with E-state index in [1.54, 1.807) is 55.6 Å². The second-order valence-corrected chi connectivity index (χ2v) is 7.03. The summed E-state index contributed by atoms with van der Waals surface area (Å²) < 4.78 is 44.1. The third-order valence-corrected chi connectivity index (χ3v) is 4.80. The minimum atomic E-state index is -4.40. The van der Waals surface area contributed by atoms with Crippen LogP contribution in [0.2, 0.25) is 0 Å². The van der Waals surface area contributed by atoms with Gasteiger partial charge in [0.1, 0.15) is 11.5 Å². The zero-order chi connectivity index (χ0) is 22.7. The maximum Gasteiger partial charge on any atom is 0.416 e. The predicted molar refractivity (Wildman–Crippen MR) is 116 cm³/mol. The first-order valence-electron chi connectivity index (χ1n) is 9.70. The summed E-state index contributed by atoms with van der Waals surface area (Å²) in [5, 5.41) is 1.46. The zero-order valence-electron chi connectivity index (χ0n) is 16.9. The number of aliphatic imine (C=N–C) groups is 1. The first-order valence-corrected chi connectivity index (χ1v) is 9.70. The Labute approximate surface area is 182 Å². The van der Waals surface area contributed by atoms with Crippen molar-refractivity contribution in [3.63, 3.8) is 0 Å². The first kappa shape index (κ1) is 21.2. The molecule has 0 bridgehead atoms. The van der Waals surface area contributed by atoms with Gasteiger partial charge in [-0.05, 0) is 73.0 Å². The van der Waals surface area contributed by atoms with Gasteiger partial charge in [-0.3, -0.25) is 9.78 Å². The molecule has 0 fully saturated rings. The van der Waals surface area contributed by atoms with E-state index in [1.165, 1.54) is 12.1 Å². The van der Waals surface area contributed by atoms with E-state index in [0.29, 0.717) is 22.7 Å². The predicted octanol–water partition coefficient (Wildman–Crippen LogP) is 6.70. The molecule has 1 heterocycles. The van der Waals surface area contributed by atoms with Crippen molar-refractivity contribution in [2.45, 2.75) is 13.1 Å². The third kappa shape index (κ3) is 4.67. The van der Waals surface area contributed by atoms with Crippen molar-refractivity contribution in [3.8, 4) is 11.5 Å². The number of hydrogen-bond donors (Lipinski definition) is 0. The van der Waals surface area contributed by atoms with E-state index in [2.05, 4.69) is 9.98 Å². The fraction of sp³-hybridized carbons (Fsp3) is 0.0800. The number of alkyl halides is 3. The second-order valence-electron chi connectivity index (χ2n) is 7.03. The van der Waals surface area contributed by atoms with Gasteiger partial charge in [-0.15, -0.1) is 0 Å². The molecular formula is C25H17F3N2O2. The Morgan fingerprint density at radius 2 is 1.72 bits per heavy atom. The van der Waals surface area contributed by atoms with E-state index in [9.17, 15) is 18.0 Å². The molecule has 32 heavy (non-hydrogen) atoms. The number of amides is 1. The molecule has 160 valence electrons. The van der Waals surface area contributed by atoms with Crippen molar-refractivity contribution in [1.29, 1.82) is 0 Å². The molecule has 4 rings (SSSR count). The summed E-state index contributed by atoms with van der Waals surface area (Å²) in [4.78, 5) is 20.9.